The summed E-state index contributed by atoms with van der Waals surface area (Å²) in [5, 5.41) is 7.30. The van der Waals surface area contributed by atoms with E-state index in [1.165, 1.54) is 22.3 Å². The van der Waals surface area contributed by atoms with Crippen LogP contribution >= 0.6 is 0 Å². The minimum Gasteiger partial charge on any atom is -0.444 e. The van der Waals surface area contributed by atoms with Crippen LogP contribution < -0.4 is 5.32 Å². The lowest BCUT2D eigenvalue weighted by Crippen LogP contribution is -2.41. The Kier molecular flexibility index (Phi) is 5.90. The predicted octanol–water partition coefficient (Wildman–Crippen LogP) is 5.70. The molecule has 1 aromatic carbocycles. The molecule has 1 amide bonds. The largest absolute Gasteiger partial charge is 0.444 e. The molecule has 2 aromatic heterocycles. The molecule has 2 aliphatic carbocycles. The topological polar surface area (TPSA) is 90.1 Å². The number of ether oxygens (including phenoxy) is 1. The zero-order valence-corrected chi connectivity index (χ0v) is 21.3. The number of pyridine rings is 1. The first-order valence-corrected chi connectivity index (χ1v) is 12.5. The number of nitrogens with zero attached hydrogens (tertiary/aromatic N) is 3. The lowest BCUT2D eigenvalue weighted by molar-refractivity contribution is 0.0500. The number of aryl methyl sites for hydroxylation is 1. The van der Waals surface area contributed by atoms with Crippen molar-refractivity contribution in [2.24, 2.45) is 5.41 Å². The van der Waals surface area contributed by atoms with Crippen molar-refractivity contribution < 1.29 is 14.1 Å². The second-order valence-corrected chi connectivity index (χ2v) is 11.7. The third kappa shape index (κ3) is 5.24. The first-order valence-electron chi connectivity index (χ1n) is 12.5. The second-order valence-electron chi connectivity index (χ2n) is 11.7. The molecule has 0 fully saturated rings. The average Bonchev–Trinajstić information content (AvgIpc) is 3.26. The first-order chi connectivity index (χ1) is 16.6. The minimum absolute atomic E-state index is 0.0710. The van der Waals surface area contributed by atoms with Crippen LogP contribution in [0.1, 0.15) is 69.7 Å². The van der Waals surface area contributed by atoms with Crippen LogP contribution in [0.3, 0.4) is 0 Å². The van der Waals surface area contributed by atoms with Gasteiger partial charge in [0.25, 0.3) is 5.89 Å². The van der Waals surface area contributed by atoms with Crippen molar-refractivity contribution in [3.63, 3.8) is 0 Å². The first kappa shape index (κ1) is 23.5. The van der Waals surface area contributed by atoms with E-state index in [1.807, 2.05) is 39.2 Å². The van der Waals surface area contributed by atoms with Crippen LogP contribution in [0, 0.1) is 5.41 Å². The maximum Gasteiger partial charge on any atom is 0.407 e. The number of fused-ring (bicyclic) bond motifs is 2. The fourth-order valence-corrected chi connectivity index (χ4v) is 5.17. The van der Waals surface area contributed by atoms with Gasteiger partial charge in [-0.15, -0.1) is 0 Å². The van der Waals surface area contributed by atoms with Crippen LogP contribution in [0.5, 0.6) is 0 Å². The summed E-state index contributed by atoms with van der Waals surface area (Å²) in [6, 6.07) is 6.36. The Bertz CT molecular complexity index is 1260. The standard InChI is InChI=1S/C28H34N4O3/c1-27(2,3)34-26(33)30-21-9-8-17-12-19(7-6-18(17)13-21)24-31-25(35-32-24)23-16-29-15-20-14-28(4,5)11-10-22(20)23/h6-7,12,15-16,21H,8-11,13-14H2,1-5H3,(H,30,33). The van der Waals surface area contributed by atoms with Gasteiger partial charge in [-0.05, 0) is 93.0 Å². The second kappa shape index (κ2) is 8.77. The third-order valence-electron chi connectivity index (χ3n) is 6.94. The van der Waals surface area contributed by atoms with E-state index >= 15 is 0 Å². The molecule has 1 unspecified atom stereocenters. The number of rotatable bonds is 3. The number of carbonyl (C=O) groups is 1. The monoisotopic (exact) mass is 474 g/mol. The van der Waals surface area contributed by atoms with Gasteiger partial charge in [-0.1, -0.05) is 31.1 Å². The Hall–Kier alpha value is -3.22. The van der Waals surface area contributed by atoms with Crippen LogP contribution in [-0.4, -0.2) is 32.9 Å². The van der Waals surface area contributed by atoms with E-state index in [0.717, 1.165) is 49.7 Å². The molecule has 3 aromatic rings. The molecular formula is C28H34N4O3. The van der Waals surface area contributed by atoms with Gasteiger partial charge in [-0.25, -0.2) is 4.79 Å². The summed E-state index contributed by atoms with van der Waals surface area (Å²) < 4.78 is 11.1. The molecule has 184 valence electrons. The van der Waals surface area contributed by atoms with Crippen molar-refractivity contribution in [2.75, 3.05) is 0 Å². The van der Waals surface area contributed by atoms with E-state index in [-0.39, 0.29) is 17.6 Å². The van der Waals surface area contributed by atoms with E-state index in [1.54, 1.807) is 0 Å². The van der Waals surface area contributed by atoms with Crippen LogP contribution in [0.2, 0.25) is 0 Å². The maximum absolute atomic E-state index is 12.2. The summed E-state index contributed by atoms with van der Waals surface area (Å²) in [5.41, 5.74) is 6.73. The van der Waals surface area contributed by atoms with Gasteiger partial charge in [-0.3, -0.25) is 4.98 Å². The number of hydrogen-bond donors (Lipinski definition) is 1. The Morgan fingerprint density at radius 1 is 1.14 bits per heavy atom. The van der Waals surface area contributed by atoms with Crippen molar-refractivity contribution in [1.82, 2.24) is 20.4 Å². The Balaban J connectivity index is 1.32. The van der Waals surface area contributed by atoms with Gasteiger partial charge in [-0.2, -0.15) is 4.98 Å². The van der Waals surface area contributed by atoms with E-state index in [0.29, 0.717) is 11.7 Å². The molecule has 1 atom stereocenters. The van der Waals surface area contributed by atoms with Crippen molar-refractivity contribution in [1.29, 1.82) is 0 Å². The molecule has 0 aliphatic heterocycles. The summed E-state index contributed by atoms with van der Waals surface area (Å²) in [4.78, 5) is 21.4. The Morgan fingerprint density at radius 2 is 1.97 bits per heavy atom. The van der Waals surface area contributed by atoms with Crippen LogP contribution in [0.4, 0.5) is 4.79 Å². The summed E-state index contributed by atoms with van der Waals surface area (Å²) in [5.74, 6) is 1.12. The van der Waals surface area contributed by atoms with Gasteiger partial charge in [0.1, 0.15) is 5.60 Å². The number of alkyl carbamates (subject to hydrolysis) is 1. The van der Waals surface area contributed by atoms with Crippen molar-refractivity contribution in [2.45, 2.75) is 84.8 Å². The van der Waals surface area contributed by atoms with Gasteiger partial charge >= 0.3 is 6.09 Å². The minimum atomic E-state index is -0.499. The van der Waals surface area contributed by atoms with Gasteiger partial charge in [0, 0.05) is 24.0 Å². The lowest BCUT2D eigenvalue weighted by atomic mass is 9.74. The van der Waals surface area contributed by atoms with Gasteiger partial charge in [0.2, 0.25) is 5.82 Å². The third-order valence-corrected chi connectivity index (χ3v) is 6.94. The molecule has 5 rings (SSSR count). The number of hydrogen-bond acceptors (Lipinski definition) is 6. The average molecular weight is 475 g/mol. The Morgan fingerprint density at radius 3 is 2.77 bits per heavy atom. The van der Waals surface area contributed by atoms with Crippen LogP contribution in [-0.2, 0) is 30.4 Å². The number of nitrogens with one attached hydrogen (secondary N) is 1. The number of benzene rings is 1. The molecule has 2 heterocycles. The van der Waals surface area contributed by atoms with Gasteiger partial charge in [0.05, 0.1) is 5.56 Å². The van der Waals surface area contributed by atoms with Crippen LogP contribution in [0.15, 0.2) is 35.1 Å². The molecule has 35 heavy (non-hydrogen) atoms. The maximum atomic E-state index is 12.2. The molecule has 1 N–H and O–H groups in total. The highest BCUT2D eigenvalue weighted by Gasteiger charge is 2.29. The highest BCUT2D eigenvalue weighted by atomic mass is 16.6. The van der Waals surface area contributed by atoms with Crippen molar-refractivity contribution >= 4 is 6.09 Å². The lowest BCUT2D eigenvalue weighted by Gasteiger charge is -2.31. The fraction of sp³-hybridized carbons (Fsp3) is 0.500. The molecule has 2 aliphatic rings. The zero-order valence-electron chi connectivity index (χ0n) is 21.3. The van der Waals surface area contributed by atoms with Gasteiger partial charge < -0.3 is 14.6 Å². The normalized spacial score (nSPS) is 18.9. The van der Waals surface area contributed by atoms with Crippen LogP contribution in [0.25, 0.3) is 22.8 Å². The molecule has 0 saturated heterocycles. The highest BCUT2D eigenvalue weighted by molar-refractivity contribution is 5.68. The van der Waals surface area contributed by atoms with Crippen molar-refractivity contribution in [3.05, 3.63) is 52.8 Å². The quantitative estimate of drug-likeness (QED) is 0.524. The van der Waals surface area contributed by atoms with Gasteiger partial charge in [0.15, 0.2) is 0 Å². The smallest absolute Gasteiger partial charge is 0.407 e. The SMILES string of the molecule is CC1(C)CCc2c(cncc2-c2nc(-c3ccc4c(c3)CCC(NC(=O)OC(C)(C)C)C4)no2)C1. The summed E-state index contributed by atoms with van der Waals surface area (Å²) in [7, 11) is 0. The van der Waals surface area contributed by atoms with Crippen molar-refractivity contribution in [3.8, 4) is 22.8 Å². The Labute approximate surface area is 206 Å². The number of aromatic nitrogens is 3. The zero-order chi connectivity index (χ0) is 24.8. The molecule has 7 nitrogen and oxygen atoms in total. The summed E-state index contributed by atoms with van der Waals surface area (Å²) >= 11 is 0. The fourth-order valence-electron chi connectivity index (χ4n) is 5.17. The molecule has 0 spiro atoms. The molecule has 7 heteroatoms. The molecule has 0 bridgehead atoms. The molecule has 0 saturated carbocycles. The summed E-state index contributed by atoms with van der Waals surface area (Å²) in [6.07, 6.45) is 9.13. The molecule has 0 radical (unpaired) electrons. The molecular weight excluding hydrogens is 440 g/mol. The number of carbonyl (C=O) groups excluding carboxylic acids is 1. The van der Waals surface area contributed by atoms with E-state index in [9.17, 15) is 4.79 Å². The number of amides is 1. The predicted molar refractivity (Wildman–Crippen MR) is 134 cm³/mol. The van der Waals surface area contributed by atoms with E-state index in [4.69, 9.17) is 14.2 Å². The summed E-state index contributed by atoms with van der Waals surface area (Å²) in [6.45, 7) is 10.2. The van der Waals surface area contributed by atoms with E-state index < -0.39 is 5.60 Å². The highest BCUT2D eigenvalue weighted by Crippen LogP contribution is 2.38. The van der Waals surface area contributed by atoms with E-state index in [2.05, 4.69) is 41.4 Å².